The Morgan fingerprint density at radius 1 is 1.20 bits per heavy atom. The van der Waals surface area contributed by atoms with Gasteiger partial charge in [-0.05, 0) is 19.1 Å². The molecular formula is C12H15BrOS. The number of carbonyl (C=O) groups excluding carboxylic acids is 1. The first-order chi connectivity index (χ1) is 7.00. The van der Waals surface area contributed by atoms with Crippen molar-refractivity contribution in [2.75, 3.05) is 0 Å². The highest BCUT2D eigenvalue weighted by Crippen LogP contribution is 2.23. The molecule has 0 amide bonds. The van der Waals surface area contributed by atoms with E-state index in [4.69, 9.17) is 0 Å². The van der Waals surface area contributed by atoms with Gasteiger partial charge in [-0.2, -0.15) is 0 Å². The van der Waals surface area contributed by atoms with Crippen LogP contribution in [0.3, 0.4) is 0 Å². The lowest BCUT2D eigenvalue weighted by Gasteiger charge is -2.06. The predicted molar refractivity (Wildman–Crippen MR) is 70.2 cm³/mol. The molecule has 3 heteroatoms. The lowest BCUT2D eigenvalue weighted by atomic mass is 10.1. The van der Waals surface area contributed by atoms with Gasteiger partial charge in [0.1, 0.15) is 0 Å². The molecule has 1 atom stereocenters. The molecule has 0 aliphatic carbocycles. The van der Waals surface area contributed by atoms with Gasteiger partial charge in [0.15, 0.2) is 5.78 Å². The maximum absolute atomic E-state index is 11.6. The van der Waals surface area contributed by atoms with E-state index in [1.807, 2.05) is 31.2 Å². The summed E-state index contributed by atoms with van der Waals surface area (Å²) < 4.78 is 0. The zero-order valence-electron chi connectivity index (χ0n) is 9.16. The molecule has 15 heavy (non-hydrogen) atoms. The lowest BCUT2D eigenvalue weighted by Crippen LogP contribution is -2.09. The van der Waals surface area contributed by atoms with E-state index in [0.29, 0.717) is 5.25 Å². The van der Waals surface area contributed by atoms with Crippen molar-refractivity contribution in [3.05, 3.63) is 29.8 Å². The number of alkyl halides is 1. The Labute approximate surface area is 104 Å². The maximum atomic E-state index is 11.6. The normalized spacial score (nSPS) is 12.9. The van der Waals surface area contributed by atoms with E-state index in [9.17, 15) is 4.79 Å². The van der Waals surface area contributed by atoms with E-state index >= 15 is 0 Å². The molecule has 0 unspecified atom stereocenters. The largest absolute Gasteiger partial charge is 0.293 e. The molecule has 0 aromatic heterocycles. The second-order valence-corrected chi connectivity index (χ2v) is 6.69. The van der Waals surface area contributed by atoms with Crippen molar-refractivity contribution in [3.8, 4) is 0 Å². The minimum atomic E-state index is -0.110. The smallest absolute Gasteiger partial charge is 0.176 e. The molecule has 0 saturated heterocycles. The minimum absolute atomic E-state index is 0.110. The third kappa shape index (κ3) is 3.99. The van der Waals surface area contributed by atoms with Crippen LogP contribution in [0.1, 0.15) is 31.1 Å². The van der Waals surface area contributed by atoms with Crippen molar-refractivity contribution in [3.63, 3.8) is 0 Å². The second kappa shape index (κ2) is 5.71. The van der Waals surface area contributed by atoms with Crippen molar-refractivity contribution in [2.24, 2.45) is 0 Å². The number of Topliss-reactive ketones (excluding diaryl/α,β-unsaturated/α-hetero) is 1. The summed E-state index contributed by atoms with van der Waals surface area (Å²) in [6.07, 6.45) is 0. The molecule has 0 heterocycles. The fraction of sp³-hybridized carbons (Fsp3) is 0.417. The number of halogens is 1. The molecule has 0 radical (unpaired) electrons. The highest BCUT2D eigenvalue weighted by molar-refractivity contribution is 9.10. The van der Waals surface area contributed by atoms with E-state index in [0.717, 1.165) is 5.56 Å². The third-order valence-electron chi connectivity index (χ3n) is 1.87. The Kier molecular flexibility index (Phi) is 4.87. The van der Waals surface area contributed by atoms with Gasteiger partial charge < -0.3 is 0 Å². The Hall–Kier alpha value is -0.280. The van der Waals surface area contributed by atoms with Crippen LogP contribution in [0.2, 0.25) is 0 Å². The molecule has 1 rings (SSSR count). The number of thioether (sulfide) groups is 1. The molecule has 0 N–H and O–H groups in total. The first kappa shape index (κ1) is 12.8. The average Bonchev–Trinajstić information content (AvgIpc) is 2.17. The number of ketones is 1. The monoisotopic (exact) mass is 286 g/mol. The molecule has 82 valence electrons. The summed E-state index contributed by atoms with van der Waals surface area (Å²) in [6, 6.07) is 7.80. The maximum Gasteiger partial charge on any atom is 0.176 e. The molecular weight excluding hydrogens is 272 g/mol. The summed E-state index contributed by atoms with van der Waals surface area (Å²) >= 11 is 5.08. The van der Waals surface area contributed by atoms with Crippen LogP contribution < -0.4 is 0 Å². The zero-order valence-corrected chi connectivity index (χ0v) is 11.6. The molecule has 0 fully saturated rings. The molecule has 0 spiro atoms. The summed E-state index contributed by atoms with van der Waals surface area (Å²) in [6.45, 7) is 6.16. The van der Waals surface area contributed by atoms with Gasteiger partial charge in [-0.1, -0.05) is 41.9 Å². The number of carbonyl (C=O) groups is 1. The van der Waals surface area contributed by atoms with E-state index in [1.165, 1.54) is 4.90 Å². The molecule has 1 nitrogen and oxygen atoms in total. The summed E-state index contributed by atoms with van der Waals surface area (Å²) in [4.78, 5) is 12.7. The van der Waals surface area contributed by atoms with Crippen LogP contribution in [0.25, 0.3) is 0 Å². The average molecular weight is 287 g/mol. The SMILES string of the molecule is CC(C)Sc1ccc(C(=O)[C@@H](C)Br)cc1. The Morgan fingerprint density at radius 2 is 1.73 bits per heavy atom. The molecule has 0 aliphatic heterocycles. The zero-order chi connectivity index (χ0) is 11.4. The van der Waals surface area contributed by atoms with Crippen molar-refractivity contribution in [1.29, 1.82) is 0 Å². The Morgan fingerprint density at radius 3 is 2.13 bits per heavy atom. The van der Waals surface area contributed by atoms with E-state index in [1.54, 1.807) is 11.8 Å². The van der Waals surface area contributed by atoms with Crippen LogP contribution in [0.5, 0.6) is 0 Å². The molecule has 1 aromatic carbocycles. The van der Waals surface area contributed by atoms with Gasteiger partial charge in [-0.15, -0.1) is 11.8 Å². The summed E-state index contributed by atoms with van der Waals surface area (Å²) in [5.41, 5.74) is 0.771. The van der Waals surface area contributed by atoms with Gasteiger partial charge in [0.2, 0.25) is 0 Å². The number of hydrogen-bond donors (Lipinski definition) is 0. The van der Waals surface area contributed by atoms with Crippen molar-refractivity contribution in [1.82, 2.24) is 0 Å². The summed E-state index contributed by atoms with van der Waals surface area (Å²) in [5, 5.41) is 0.571. The highest BCUT2D eigenvalue weighted by Gasteiger charge is 2.11. The first-order valence-electron chi connectivity index (χ1n) is 4.95. The van der Waals surface area contributed by atoms with Crippen molar-refractivity contribution < 1.29 is 4.79 Å². The fourth-order valence-corrected chi connectivity index (χ4v) is 2.30. The molecule has 0 aliphatic rings. The van der Waals surface area contributed by atoms with E-state index in [-0.39, 0.29) is 10.6 Å². The number of benzene rings is 1. The van der Waals surface area contributed by atoms with Gasteiger partial charge in [-0.25, -0.2) is 0 Å². The Bertz CT molecular complexity index is 330. The van der Waals surface area contributed by atoms with Crippen LogP contribution in [0.4, 0.5) is 0 Å². The van der Waals surface area contributed by atoms with Crippen molar-refractivity contribution in [2.45, 2.75) is 35.7 Å². The molecule has 0 bridgehead atoms. The summed E-state index contributed by atoms with van der Waals surface area (Å²) in [5.74, 6) is 0.135. The van der Waals surface area contributed by atoms with Gasteiger partial charge >= 0.3 is 0 Å². The standard InChI is InChI=1S/C12H15BrOS/c1-8(2)15-11-6-4-10(5-7-11)12(14)9(3)13/h4-9H,1-3H3/t9-/m1/s1. The quantitative estimate of drug-likeness (QED) is 0.470. The van der Waals surface area contributed by atoms with Crippen molar-refractivity contribution >= 4 is 33.5 Å². The summed E-state index contributed by atoms with van der Waals surface area (Å²) in [7, 11) is 0. The topological polar surface area (TPSA) is 17.1 Å². The Balaban J connectivity index is 2.76. The first-order valence-corrected chi connectivity index (χ1v) is 6.75. The van der Waals surface area contributed by atoms with Gasteiger partial charge in [0, 0.05) is 15.7 Å². The third-order valence-corrected chi connectivity index (χ3v) is 3.30. The van der Waals surface area contributed by atoms with Crippen LogP contribution in [-0.2, 0) is 0 Å². The number of rotatable bonds is 4. The second-order valence-electron chi connectivity index (χ2n) is 3.67. The molecule has 1 aromatic rings. The lowest BCUT2D eigenvalue weighted by molar-refractivity contribution is 0.0996. The van der Waals surface area contributed by atoms with E-state index < -0.39 is 0 Å². The van der Waals surface area contributed by atoms with Gasteiger partial charge in [0.25, 0.3) is 0 Å². The van der Waals surface area contributed by atoms with E-state index in [2.05, 4.69) is 29.8 Å². The fourth-order valence-electron chi connectivity index (χ4n) is 1.20. The van der Waals surface area contributed by atoms with Crippen LogP contribution in [0, 0.1) is 0 Å². The predicted octanol–water partition coefficient (Wildman–Crippen LogP) is 4.15. The molecule has 0 saturated carbocycles. The van der Waals surface area contributed by atoms with Gasteiger partial charge in [-0.3, -0.25) is 4.79 Å². The number of hydrogen-bond acceptors (Lipinski definition) is 2. The van der Waals surface area contributed by atoms with Crippen LogP contribution >= 0.6 is 27.7 Å². The van der Waals surface area contributed by atoms with Gasteiger partial charge in [0.05, 0.1) is 4.83 Å². The van der Waals surface area contributed by atoms with Crippen LogP contribution in [0.15, 0.2) is 29.2 Å². The van der Waals surface area contributed by atoms with Crippen LogP contribution in [-0.4, -0.2) is 15.9 Å². The minimum Gasteiger partial charge on any atom is -0.293 e. The highest BCUT2D eigenvalue weighted by atomic mass is 79.9.